The Morgan fingerprint density at radius 2 is 1.95 bits per heavy atom. The summed E-state index contributed by atoms with van der Waals surface area (Å²) in [5.41, 5.74) is -1.20. The summed E-state index contributed by atoms with van der Waals surface area (Å²) >= 11 is 0. The fraction of sp³-hybridized carbons (Fsp3) is 0.217. The molecule has 0 unspecified atom stereocenters. The molecule has 0 saturated heterocycles. The van der Waals surface area contributed by atoms with Crippen LogP contribution in [0.3, 0.4) is 0 Å². The van der Waals surface area contributed by atoms with E-state index in [0.717, 1.165) is 15.2 Å². The van der Waals surface area contributed by atoms with Gasteiger partial charge in [-0.2, -0.15) is 18.4 Å². The van der Waals surface area contributed by atoms with Gasteiger partial charge in [0.25, 0.3) is 5.56 Å². The smallest absolute Gasteiger partial charge is 0.408 e. The molecule has 1 N–H and O–H groups in total. The number of aromatic amines is 1. The lowest BCUT2D eigenvalue weighted by Gasteiger charge is -2.19. The fourth-order valence-electron chi connectivity index (χ4n) is 4.90. The summed E-state index contributed by atoms with van der Waals surface area (Å²) in [6.07, 6.45) is -3.20. The molecule has 1 aliphatic rings. The monoisotopic (exact) mass is 511 g/mol. The van der Waals surface area contributed by atoms with Crippen molar-refractivity contribution in [3.05, 3.63) is 90.7 Å². The molecule has 0 spiro atoms. The maximum atomic E-state index is 13.7. The molecule has 0 saturated carbocycles. The Hall–Kier alpha value is -4.75. The summed E-state index contributed by atoms with van der Waals surface area (Å²) in [4.78, 5) is 39.2. The Labute approximate surface area is 203 Å². The van der Waals surface area contributed by atoms with Crippen LogP contribution in [0, 0.1) is 0 Å². The lowest BCUT2D eigenvalue weighted by atomic mass is 10.0. The van der Waals surface area contributed by atoms with Gasteiger partial charge < -0.3 is 4.42 Å². The summed E-state index contributed by atoms with van der Waals surface area (Å²) in [5.74, 6) is -0.693. The van der Waals surface area contributed by atoms with Crippen LogP contribution < -0.4 is 17.0 Å². The predicted molar refractivity (Wildman–Crippen MR) is 122 cm³/mol. The number of rotatable bonds is 3. The van der Waals surface area contributed by atoms with E-state index in [1.54, 1.807) is 12.1 Å². The third kappa shape index (κ3) is 3.43. The molecule has 0 amide bonds. The molecular weight excluding hydrogens is 495 g/mol. The standard InChI is InChI=1S/C23H16F3N7O4/c1-31-17-7-5-11(9-18(17)37-22(31)36)32-10-14(19-27-29-30-28-19)20(34)33(21(32)35)16-8-6-12-13(16)3-2-4-15(12)23(24,25)26/h2-5,7,9-10,16H,6,8H2,1H3,(H,27,28,29,30)/t16-/m1/s1. The van der Waals surface area contributed by atoms with Gasteiger partial charge in [0, 0.05) is 19.3 Å². The Morgan fingerprint density at radius 1 is 1.14 bits per heavy atom. The predicted octanol–water partition coefficient (Wildman–Crippen LogP) is 2.18. The highest BCUT2D eigenvalue weighted by molar-refractivity contribution is 5.75. The van der Waals surface area contributed by atoms with E-state index in [0.29, 0.717) is 5.52 Å². The number of nitrogens with one attached hydrogen (secondary N) is 1. The second-order valence-electron chi connectivity index (χ2n) is 8.61. The van der Waals surface area contributed by atoms with Crippen LogP contribution in [-0.4, -0.2) is 34.3 Å². The van der Waals surface area contributed by atoms with Crippen molar-refractivity contribution in [3.63, 3.8) is 0 Å². The van der Waals surface area contributed by atoms with Gasteiger partial charge in [0.05, 0.1) is 22.8 Å². The normalized spacial score (nSPS) is 15.4. The average molecular weight is 511 g/mol. The fourth-order valence-corrected chi connectivity index (χ4v) is 4.90. The van der Waals surface area contributed by atoms with E-state index in [4.69, 9.17) is 4.42 Å². The minimum absolute atomic E-state index is 0.0368. The first-order valence-corrected chi connectivity index (χ1v) is 11.1. The number of hydrogen-bond donors (Lipinski definition) is 1. The van der Waals surface area contributed by atoms with Crippen LogP contribution in [0.15, 0.2) is 61.4 Å². The van der Waals surface area contributed by atoms with Gasteiger partial charge in [0.2, 0.25) is 5.82 Å². The zero-order chi connectivity index (χ0) is 26.1. The summed E-state index contributed by atoms with van der Waals surface area (Å²) in [5, 5.41) is 13.4. The summed E-state index contributed by atoms with van der Waals surface area (Å²) < 4.78 is 49.5. The van der Waals surface area contributed by atoms with E-state index in [1.165, 1.54) is 36.0 Å². The summed E-state index contributed by atoms with van der Waals surface area (Å²) in [6, 6.07) is 7.37. The minimum atomic E-state index is -4.58. The number of aromatic nitrogens is 7. The lowest BCUT2D eigenvalue weighted by molar-refractivity contribution is -0.138. The zero-order valence-corrected chi connectivity index (χ0v) is 19.0. The minimum Gasteiger partial charge on any atom is -0.408 e. The largest absolute Gasteiger partial charge is 0.419 e. The molecule has 3 aromatic heterocycles. The molecule has 1 atom stereocenters. The van der Waals surface area contributed by atoms with E-state index in [-0.39, 0.29) is 46.6 Å². The first-order valence-electron chi connectivity index (χ1n) is 11.1. The highest BCUT2D eigenvalue weighted by Gasteiger charge is 2.38. The van der Waals surface area contributed by atoms with Crippen LogP contribution in [0.4, 0.5) is 13.2 Å². The molecule has 37 heavy (non-hydrogen) atoms. The van der Waals surface area contributed by atoms with Gasteiger partial charge in [-0.1, -0.05) is 12.1 Å². The molecule has 188 valence electrons. The second kappa shape index (κ2) is 7.88. The van der Waals surface area contributed by atoms with E-state index >= 15 is 0 Å². The first kappa shape index (κ1) is 22.7. The average Bonchev–Trinajstić information content (AvgIpc) is 3.59. The van der Waals surface area contributed by atoms with Crippen LogP contribution in [0.25, 0.3) is 28.2 Å². The molecule has 0 fully saturated rings. The Morgan fingerprint density at radius 3 is 2.68 bits per heavy atom. The number of alkyl halides is 3. The zero-order valence-electron chi connectivity index (χ0n) is 19.0. The van der Waals surface area contributed by atoms with Gasteiger partial charge in [-0.05, 0) is 47.4 Å². The number of benzene rings is 2. The van der Waals surface area contributed by atoms with Crippen molar-refractivity contribution in [2.75, 3.05) is 0 Å². The number of tetrazole rings is 1. The van der Waals surface area contributed by atoms with Gasteiger partial charge in [-0.3, -0.25) is 18.5 Å². The van der Waals surface area contributed by atoms with E-state index in [9.17, 15) is 27.6 Å². The van der Waals surface area contributed by atoms with Crippen LogP contribution in [0.1, 0.15) is 29.2 Å². The van der Waals surface area contributed by atoms with Crippen molar-refractivity contribution in [1.29, 1.82) is 0 Å². The molecule has 0 aliphatic heterocycles. The lowest BCUT2D eigenvalue weighted by Crippen LogP contribution is -2.42. The summed E-state index contributed by atoms with van der Waals surface area (Å²) in [7, 11) is 1.53. The molecule has 3 heterocycles. The third-order valence-corrected chi connectivity index (χ3v) is 6.62. The number of hydrogen-bond acceptors (Lipinski definition) is 7. The second-order valence-corrected chi connectivity index (χ2v) is 8.61. The summed E-state index contributed by atoms with van der Waals surface area (Å²) in [6.45, 7) is 0. The van der Waals surface area contributed by atoms with Crippen molar-refractivity contribution in [2.45, 2.75) is 25.1 Å². The van der Waals surface area contributed by atoms with Crippen molar-refractivity contribution in [3.8, 4) is 17.1 Å². The van der Waals surface area contributed by atoms with Gasteiger partial charge in [0.15, 0.2) is 5.58 Å². The number of oxazole rings is 1. The Balaban J connectivity index is 1.61. The van der Waals surface area contributed by atoms with E-state index in [1.807, 2.05) is 0 Å². The first-order chi connectivity index (χ1) is 17.6. The van der Waals surface area contributed by atoms with Gasteiger partial charge >= 0.3 is 17.6 Å². The highest BCUT2D eigenvalue weighted by Crippen LogP contribution is 2.41. The SMILES string of the molecule is Cn1c(=O)oc2cc(-n3cc(-c4nn[nH]n4)c(=O)n([C@@H]4CCc5c4cccc5C(F)(F)F)c3=O)ccc21. The van der Waals surface area contributed by atoms with Crippen LogP contribution in [0.5, 0.6) is 0 Å². The van der Waals surface area contributed by atoms with E-state index in [2.05, 4.69) is 20.6 Å². The highest BCUT2D eigenvalue weighted by atomic mass is 19.4. The Kier molecular flexibility index (Phi) is 4.83. The molecule has 0 bridgehead atoms. The van der Waals surface area contributed by atoms with Gasteiger partial charge in [-0.25, -0.2) is 9.59 Å². The number of H-pyrrole nitrogens is 1. The van der Waals surface area contributed by atoms with Crippen LogP contribution in [-0.2, 0) is 19.6 Å². The quantitative estimate of drug-likeness (QED) is 0.393. The molecule has 11 nitrogen and oxygen atoms in total. The number of nitrogens with zero attached hydrogens (tertiary/aromatic N) is 6. The molecule has 6 rings (SSSR count). The Bertz CT molecular complexity index is 1860. The van der Waals surface area contributed by atoms with Gasteiger partial charge in [-0.15, -0.1) is 10.2 Å². The van der Waals surface area contributed by atoms with Crippen molar-refractivity contribution in [1.82, 2.24) is 34.3 Å². The van der Waals surface area contributed by atoms with E-state index < -0.39 is 34.8 Å². The molecular formula is C23H16F3N7O4. The van der Waals surface area contributed by atoms with Gasteiger partial charge in [0.1, 0.15) is 5.56 Å². The molecule has 2 aromatic carbocycles. The molecule has 0 radical (unpaired) electrons. The number of aryl methyl sites for hydroxylation is 1. The third-order valence-electron chi connectivity index (χ3n) is 6.62. The molecule has 14 heteroatoms. The number of fused-ring (bicyclic) bond motifs is 2. The van der Waals surface area contributed by atoms with Crippen LogP contribution >= 0.6 is 0 Å². The van der Waals surface area contributed by atoms with Crippen molar-refractivity contribution >= 4 is 11.1 Å². The maximum absolute atomic E-state index is 13.7. The van der Waals surface area contributed by atoms with Crippen molar-refractivity contribution < 1.29 is 17.6 Å². The maximum Gasteiger partial charge on any atom is 0.419 e. The van der Waals surface area contributed by atoms with Crippen LogP contribution in [0.2, 0.25) is 0 Å². The molecule has 5 aromatic rings. The molecule has 1 aliphatic carbocycles. The van der Waals surface area contributed by atoms with Crippen molar-refractivity contribution in [2.24, 2.45) is 7.05 Å². The number of halogens is 3. The topological polar surface area (TPSA) is 134 Å².